The Morgan fingerprint density at radius 2 is 1.60 bits per heavy atom. The Balaban J connectivity index is 1.94. The lowest BCUT2D eigenvalue weighted by Crippen LogP contribution is -2.29. The molecule has 1 aliphatic rings. The van der Waals surface area contributed by atoms with Gasteiger partial charge in [0.2, 0.25) is 0 Å². The first-order valence-electron chi connectivity index (χ1n) is 6.39. The topological polar surface area (TPSA) is 56.5 Å². The lowest BCUT2D eigenvalue weighted by atomic mass is 9.99. The molecule has 3 rings (SSSR count). The predicted molar refractivity (Wildman–Crippen MR) is 80.7 cm³/mol. The zero-order valence-corrected chi connectivity index (χ0v) is 12.4. The van der Waals surface area contributed by atoms with Crippen molar-refractivity contribution in [2.45, 2.75) is 6.04 Å². The van der Waals surface area contributed by atoms with Crippen LogP contribution in [0.1, 0.15) is 17.2 Å². The highest BCUT2D eigenvalue weighted by molar-refractivity contribution is 9.10. The smallest absolute Gasteiger partial charge is 0.161 e. The summed E-state index contributed by atoms with van der Waals surface area (Å²) in [6.07, 6.45) is 0. The molecule has 0 amide bonds. The van der Waals surface area contributed by atoms with Gasteiger partial charge in [0.25, 0.3) is 0 Å². The third-order valence-electron chi connectivity index (χ3n) is 3.27. The average Bonchev–Trinajstić information content (AvgIpc) is 2.50. The van der Waals surface area contributed by atoms with Crippen molar-refractivity contribution in [1.82, 2.24) is 5.43 Å². The third-order valence-corrected chi connectivity index (χ3v) is 3.80. The SMILES string of the molecule is NNC(c1ccc(Br)cc1)c1ccc2c(c1)OCCO2. The number of fused-ring (bicyclic) bond motifs is 1. The second-order valence-corrected chi connectivity index (χ2v) is 5.47. The number of ether oxygens (including phenoxy) is 2. The van der Waals surface area contributed by atoms with Gasteiger partial charge in [0.15, 0.2) is 11.5 Å². The molecule has 5 heteroatoms. The molecule has 20 heavy (non-hydrogen) atoms. The van der Waals surface area contributed by atoms with E-state index in [0.717, 1.165) is 27.1 Å². The monoisotopic (exact) mass is 334 g/mol. The van der Waals surface area contributed by atoms with Crippen LogP contribution in [0.4, 0.5) is 0 Å². The van der Waals surface area contributed by atoms with E-state index in [1.807, 2.05) is 42.5 Å². The largest absolute Gasteiger partial charge is 0.486 e. The molecule has 0 aliphatic carbocycles. The maximum atomic E-state index is 5.72. The van der Waals surface area contributed by atoms with Crippen LogP contribution in [0.25, 0.3) is 0 Å². The molecule has 0 spiro atoms. The highest BCUT2D eigenvalue weighted by Crippen LogP contribution is 2.34. The summed E-state index contributed by atoms with van der Waals surface area (Å²) in [6.45, 7) is 1.17. The number of nitrogens with two attached hydrogens (primary N) is 1. The minimum Gasteiger partial charge on any atom is -0.486 e. The van der Waals surface area contributed by atoms with E-state index in [4.69, 9.17) is 15.3 Å². The number of nitrogens with one attached hydrogen (secondary N) is 1. The first-order chi connectivity index (χ1) is 9.78. The van der Waals surface area contributed by atoms with Crippen LogP contribution in [0.3, 0.4) is 0 Å². The zero-order valence-electron chi connectivity index (χ0n) is 10.8. The van der Waals surface area contributed by atoms with Gasteiger partial charge < -0.3 is 9.47 Å². The molecule has 4 nitrogen and oxygen atoms in total. The van der Waals surface area contributed by atoms with Gasteiger partial charge in [-0.05, 0) is 35.4 Å². The molecule has 0 fully saturated rings. The fourth-order valence-electron chi connectivity index (χ4n) is 2.28. The van der Waals surface area contributed by atoms with E-state index in [-0.39, 0.29) is 6.04 Å². The van der Waals surface area contributed by atoms with Crippen LogP contribution in [0.15, 0.2) is 46.9 Å². The average molecular weight is 335 g/mol. The van der Waals surface area contributed by atoms with Crippen molar-refractivity contribution in [2.24, 2.45) is 5.84 Å². The van der Waals surface area contributed by atoms with Crippen molar-refractivity contribution < 1.29 is 9.47 Å². The van der Waals surface area contributed by atoms with Crippen LogP contribution in [-0.4, -0.2) is 13.2 Å². The van der Waals surface area contributed by atoms with Gasteiger partial charge in [0, 0.05) is 4.47 Å². The van der Waals surface area contributed by atoms with Crippen molar-refractivity contribution in [2.75, 3.05) is 13.2 Å². The van der Waals surface area contributed by atoms with Gasteiger partial charge in [0.1, 0.15) is 13.2 Å². The molecule has 1 atom stereocenters. The Morgan fingerprint density at radius 1 is 0.950 bits per heavy atom. The van der Waals surface area contributed by atoms with Gasteiger partial charge in [-0.2, -0.15) is 0 Å². The summed E-state index contributed by atoms with van der Waals surface area (Å²) in [6, 6.07) is 13.9. The molecule has 0 bridgehead atoms. The molecule has 0 saturated heterocycles. The molecule has 1 aliphatic heterocycles. The first-order valence-corrected chi connectivity index (χ1v) is 7.18. The van der Waals surface area contributed by atoms with Gasteiger partial charge in [-0.3, -0.25) is 5.84 Å². The standard InChI is InChI=1S/C15H15BrN2O2/c16-12-4-1-10(2-5-12)15(18-17)11-3-6-13-14(9-11)20-8-7-19-13/h1-6,9,15,18H,7-8,17H2. The van der Waals surface area contributed by atoms with Crippen LogP contribution in [0.2, 0.25) is 0 Å². The van der Waals surface area contributed by atoms with Crippen LogP contribution in [-0.2, 0) is 0 Å². The Kier molecular flexibility index (Phi) is 3.91. The summed E-state index contributed by atoms with van der Waals surface area (Å²) in [5, 5.41) is 0. The summed E-state index contributed by atoms with van der Waals surface area (Å²) in [7, 11) is 0. The van der Waals surface area contributed by atoms with E-state index in [0.29, 0.717) is 13.2 Å². The summed E-state index contributed by atoms with van der Waals surface area (Å²) in [4.78, 5) is 0. The highest BCUT2D eigenvalue weighted by atomic mass is 79.9. The van der Waals surface area contributed by atoms with Crippen LogP contribution in [0.5, 0.6) is 11.5 Å². The van der Waals surface area contributed by atoms with E-state index >= 15 is 0 Å². The van der Waals surface area contributed by atoms with Gasteiger partial charge in [-0.1, -0.05) is 34.1 Å². The van der Waals surface area contributed by atoms with Crippen LogP contribution in [0, 0.1) is 0 Å². The summed E-state index contributed by atoms with van der Waals surface area (Å²) in [5.74, 6) is 7.27. The van der Waals surface area contributed by atoms with Crippen molar-refractivity contribution in [3.05, 3.63) is 58.1 Å². The molecule has 3 N–H and O–H groups in total. The fraction of sp³-hybridized carbons (Fsp3) is 0.200. The Morgan fingerprint density at radius 3 is 2.30 bits per heavy atom. The third kappa shape index (κ3) is 2.65. The molecule has 104 valence electrons. The fourth-order valence-corrected chi connectivity index (χ4v) is 2.54. The predicted octanol–water partition coefficient (Wildman–Crippen LogP) is 2.77. The van der Waals surface area contributed by atoms with Crippen molar-refractivity contribution in [3.63, 3.8) is 0 Å². The van der Waals surface area contributed by atoms with E-state index in [9.17, 15) is 0 Å². The van der Waals surface area contributed by atoms with Crippen molar-refractivity contribution in [1.29, 1.82) is 0 Å². The van der Waals surface area contributed by atoms with E-state index in [2.05, 4.69) is 21.4 Å². The van der Waals surface area contributed by atoms with Gasteiger partial charge in [0.05, 0.1) is 6.04 Å². The van der Waals surface area contributed by atoms with E-state index in [1.54, 1.807) is 0 Å². The first kappa shape index (κ1) is 13.4. The Hall–Kier alpha value is -1.56. The molecule has 2 aromatic carbocycles. The second kappa shape index (κ2) is 5.83. The normalized spacial score (nSPS) is 14.9. The number of benzene rings is 2. The highest BCUT2D eigenvalue weighted by Gasteiger charge is 2.17. The number of rotatable bonds is 3. The maximum absolute atomic E-state index is 5.72. The molecule has 0 radical (unpaired) electrons. The van der Waals surface area contributed by atoms with E-state index in [1.165, 1.54) is 0 Å². The van der Waals surface area contributed by atoms with Crippen molar-refractivity contribution >= 4 is 15.9 Å². The molecule has 0 aromatic heterocycles. The number of hydrogen-bond acceptors (Lipinski definition) is 4. The minimum absolute atomic E-state index is 0.0843. The minimum atomic E-state index is -0.0843. The number of hydrogen-bond donors (Lipinski definition) is 2. The summed E-state index contributed by atoms with van der Waals surface area (Å²) < 4.78 is 12.2. The molecule has 2 aromatic rings. The lowest BCUT2D eigenvalue weighted by molar-refractivity contribution is 0.171. The number of hydrazine groups is 1. The summed E-state index contributed by atoms with van der Waals surface area (Å²) in [5.41, 5.74) is 4.98. The molecule has 1 unspecified atom stereocenters. The maximum Gasteiger partial charge on any atom is 0.161 e. The Bertz CT molecular complexity index is 601. The quantitative estimate of drug-likeness (QED) is 0.669. The zero-order chi connectivity index (χ0) is 13.9. The molecule has 0 saturated carbocycles. The van der Waals surface area contributed by atoms with Gasteiger partial charge in [-0.15, -0.1) is 0 Å². The molecular formula is C15H15BrN2O2. The lowest BCUT2D eigenvalue weighted by Gasteiger charge is -2.22. The Labute approximate surface area is 126 Å². The molecular weight excluding hydrogens is 320 g/mol. The second-order valence-electron chi connectivity index (χ2n) is 4.55. The number of halogens is 1. The van der Waals surface area contributed by atoms with E-state index < -0.39 is 0 Å². The summed E-state index contributed by atoms with van der Waals surface area (Å²) >= 11 is 3.43. The molecule has 1 heterocycles. The van der Waals surface area contributed by atoms with Crippen molar-refractivity contribution in [3.8, 4) is 11.5 Å². The van der Waals surface area contributed by atoms with Gasteiger partial charge >= 0.3 is 0 Å². The van der Waals surface area contributed by atoms with Crippen LogP contribution >= 0.6 is 15.9 Å². The van der Waals surface area contributed by atoms with Crippen LogP contribution < -0.4 is 20.7 Å². The van der Waals surface area contributed by atoms with Gasteiger partial charge in [-0.25, -0.2) is 5.43 Å².